The predicted molar refractivity (Wildman–Crippen MR) is 96.4 cm³/mol. The number of nitrogen functional groups attached to an aromatic ring is 1. The molecule has 130 valence electrons. The molecule has 0 atom stereocenters. The molecule has 3 N–H and O–H groups in total. The number of unbranched alkanes of at least 4 members (excludes halogenated alkanes) is 1. The quantitative estimate of drug-likeness (QED) is 0.643. The van der Waals surface area contributed by atoms with Crippen LogP contribution in [0, 0.1) is 0 Å². The lowest BCUT2D eigenvalue weighted by Crippen LogP contribution is -2.23. The van der Waals surface area contributed by atoms with Crippen LogP contribution >= 0.6 is 0 Å². The maximum Gasteiger partial charge on any atom is 0.255 e. The van der Waals surface area contributed by atoms with Gasteiger partial charge in [0, 0.05) is 17.6 Å². The molecule has 1 amide bonds. The van der Waals surface area contributed by atoms with Gasteiger partial charge in [-0.25, -0.2) is 4.98 Å². The number of benzene rings is 1. The Labute approximate surface area is 146 Å². The van der Waals surface area contributed by atoms with Gasteiger partial charge in [-0.1, -0.05) is 13.3 Å². The van der Waals surface area contributed by atoms with Crippen LogP contribution in [0.4, 0.5) is 5.82 Å². The van der Waals surface area contributed by atoms with Gasteiger partial charge in [-0.2, -0.15) is 0 Å². The van der Waals surface area contributed by atoms with Crippen LogP contribution in [-0.4, -0.2) is 17.5 Å². The number of hydrogen-bond acceptors (Lipinski definition) is 5. The molecular weight excluding hydrogens is 318 g/mol. The molecule has 0 saturated heterocycles. The van der Waals surface area contributed by atoms with Crippen molar-refractivity contribution >= 4 is 22.7 Å². The predicted octanol–water partition coefficient (Wildman–Crippen LogP) is 3.52. The van der Waals surface area contributed by atoms with Crippen LogP contribution in [0.1, 0.15) is 35.9 Å². The minimum Gasteiger partial charge on any atom is -0.493 e. The summed E-state index contributed by atoms with van der Waals surface area (Å²) in [6, 6.07) is 11.0. The topological polar surface area (TPSA) is 90.4 Å². The van der Waals surface area contributed by atoms with Crippen molar-refractivity contribution in [2.45, 2.75) is 26.3 Å². The van der Waals surface area contributed by atoms with Gasteiger partial charge in [0.2, 0.25) is 0 Å². The molecule has 2 aromatic heterocycles. The summed E-state index contributed by atoms with van der Waals surface area (Å²) >= 11 is 0. The zero-order chi connectivity index (χ0) is 17.6. The molecule has 6 nitrogen and oxygen atoms in total. The minimum absolute atomic E-state index is 0.207. The lowest BCUT2D eigenvalue weighted by Gasteiger charge is -2.05. The number of rotatable bonds is 7. The van der Waals surface area contributed by atoms with Crippen molar-refractivity contribution in [2.75, 3.05) is 12.3 Å². The Bertz CT molecular complexity index is 873. The Hall–Kier alpha value is -3.02. The van der Waals surface area contributed by atoms with E-state index >= 15 is 0 Å². The fourth-order valence-electron chi connectivity index (χ4n) is 2.45. The molecule has 0 unspecified atom stereocenters. The molecule has 0 aliphatic rings. The molecule has 0 radical (unpaired) electrons. The molecule has 0 aliphatic heterocycles. The van der Waals surface area contributed by atoms with Crippen molar-refractivity contribution in [1.82, 2.24) is 10.3 Å². The van der Waals surface area contributed by atoms with Crippen LogP contribution in [0.15, 0.2) is 47.0 Å². The van der Waals surface area contributed by atoms with E-state index in [-0.39, 0.29) is 18.3 Å². The van der Waals surface area contributed by atoms with Gasteiger partial charge in [0.15, 0.2) is 0 Å². The number of ether oxygens (including phenoxy) is 1. The van der Waals surface area contributed by atoms with E-state index in [0.717, 1.165) is 29.6 Å². The number of nitrogens with one attached hydrogen (secondary N) is 1. The molecule has 0 saturated carbocycles. The van der Waals surface area contributed by atoms with E-state index in [1.807, 2.05) is 24.3 Å². The van der Waals surface area contributed by atoms with E-state index in [4.69, 9.17) is 14.9 Å². The number of carbonyl (C=O) groups excluding carboxylic acids is 1. The minimum atomic E-state index is -0.283. The summed E-state index contributed by atoms with van der Waals surface area (Å²) in [6.07, 6.45) is 3.66. The van der Waals surface area contributed by atoms with Gasteiger partial charge in [-0.15, -0.1) is 0 Å². The first-order valence-corrected chi connectivity index (χ1v) is 8.31. The summed E-state index contributed by atoms with van der Waals surface area (Å²) in [6.45, 7) is 3.09. The molecule has 0 fully saturated rings. The van der Waals surface area contributed by atoms with Crippen LogP contribution in [0.3, 0.4) is 0 Å². The summed E-state index contributed by atoms with van der Waals surface area (Å²) in [4.78, 5) is 16.1. The molecule has 2 heterocycles. The standard InChI is InChI=1S/C19H21N3O3/c1-2-3-9-24-14-7-6-13-10-15(25-17(13)11-14)12-22-19(23)16-5-4-8-21-18(16)20/h4-8,10-11H,2-3,9,12H2,1H3,(H2,20,21)(H,22,23). The lowest BCUT2D eigenvalue weighted by atomic mass is 10.2. The number of fused-ring (bicyclic) bond motifs is 1. The van der Waals surface area contributed by atoms with Crippen molar-refractivity contribution in [3.63, 3.8) is 0 Å². The van der Waals surface area contributed by atoms with E-state index in [0.29, 0.717) is 17.9 Å². The Balaban J connectivity index is 1.66. The van der Waals surface area contributed by atoms with Crippen LogP contribution in [0.5, 0.6) is 5.75 Å². The number of nitrogens with zero attached hydrogens (tertiary/aromatic N) is 1. The van der Waals surface area contributed by atoms with Gasteiger partial charge in [0.25, 0.3) is 5.91 Å². The Morgan fingerprint density at radius 1 is 1.32 bits per heavy atom. The van der Waals surface area contributed by atoms with Crippen molar-refractivity contribution < 1.29 is 13.9 Å². The van der Waals surface area contributed by atoms with Crippen molar-refractivity contribution in [1.29, 1.82) is 0 Å². The molecule has 0 spiro atoms. The largest absolute Gasteiger partial charge is 0.493 e. The van der Waals surface area contributed by atoms with Crippen LogP contribution < -0.4 is 15.8 Å². The number of carbonyl (C=O) groups is 1. The molecule has 25 heavy (non-hydrogen) atoms. The Morgan fingerprint density at radius 3 is 3.00 bits per heavy atom. The van der Waals surface area contributed by atoms with Crippen molar-refractivity contribution in [3.8, 4) is 5.75 Å². The smallest absolute Gasteiger partial charge is 0.255 e. The first-order valence-electron chi connectivity index (χ1n) is 8.31. The monoisotopic (exact) mass is 339 g/mol. The number of hydrogen-bond donors (Lipinski definition) is 2. The van der Waals surface area contributed by atoms with Gasteiger partial charge in [0.05, 0.1) is 18.7 Å². The van der Waals surface area contributed by atoms with Gasteiger partial charge < -0.3 is 20.2 Å². The molecule has 0 aliphatic carbocycles. The normalized spacial score (nSPS) is 10.8. The number of anilines is 1. The van der Waals surface area contributed by atoms with E-state index in [9.17, 15) is 4.79 Å². The average Bonchev–Trinajstić information content (AvgIpc) is 3.02. The number of nitrogens with two attached hydrogens (primary N) is 1. The summed E-state index contributed by atoms with van der Waals surface area (Å²) in [5.41, 5.74) is 6.80. The van der Waals surface area contributed by atoms with Gasteiger partial charge in [-0.3, -0.25) is 4.79 Å². The fourth-order valence-corrected chi connectivity index (χ4v) is 2.45. The maximum absolute atomic E-state index is 12.2. The second-order valence-corrected chi connectivity index (χ2v) is 5.73. The Kier molecular flexibility index (Phi) is 5.18. The first-order chi connectivity index (χ1) is 12.2. The SMILES string of the molecule is CCCCOc1ccc2cc(CNC(=O)c3cccnc3N)oc2c1. The number of aromatic nitrogens is 1. The molecular formula is C19H21N3O3. The van der Waals surface area contributed by atoms with E-state index < -0.39 is 0 Å². The highest BCUT2D eigenvalue weighted by Gasteiger charge is 2.11. The lowest BCUT2D eigenvalue weighted by molar-refractivity contribution is 0.0949. The number of amides is 1. The maximum atomic E-state index is 12.2. The second kappa shape index (κ2) is 7.70. The molecule has 0 bridgehead atoms. The summed E-state index contributed by atoms with van der Waals surface area (Å²) in [5, 5.41) is 3.76. The summed E-state index contributed by atoms with van der Waals surface area (Å²) < 4.78 is 11.5. The zero-order valence-corrected chi connectivity index (χ0v) is 14.1. The van der Waals surface area contributed by atoms with Crippen LogP contribution in [-0.2, 0) is 6.54 Å². The van der Waals surface area contributed by atoms with Crippen LogP contribution in [0.2, 0.25) is 0 Å². The highest BCUT2D eigenvalue weighted by Crippen LogP contribution is 2.24. The van der Waals surface area contributed by atoms with Gasteiger partial charge >= 0.3 is 0 Å². The number of furan rings is 1. The summed E-state index contributed by atoms with van der Waals surface area (Å²) in [7, 11) is 0. The molecule has 3 rings (SSSR count). The third kappa shape index (κ3) is 4.09. The van der Waals surface area contributed by atoms with Gasteiger partial charge in [0.1, 0.15) is 22.9 Å². The molecule has 6 heteroatoms. The van der Waals surface area contributed by atoms with E-state index in [1.165, 1.54) is 0 Å². The zero-order valence-electron chi connectivity index (χ0n) is 14.1. The molecule has 1 aromatic carbocycles. The van der Waals surface area contributed by atoms with Crippen molar-refractivity contribution in [2.24, 2.45) is 0 Å². The third-order valence-electron chi connectivity index (χ3n) is 3.82. The van der Waals surface area contributed by atoms with Crippen LogP contribution in [0.25, 0.3) is 11.0 Å². The average molecular weight is 339 g/mol. The third-order valence-corrected chi connectivity index (χ3v) is 3.82. The highest BCUT2D eigenvalue weighted by molar-refractivity contribution is 5.98. The van der Waals surface area contributed by atoms with E-state index in [1.54, 1.807) is 18.3 Å². The highest BCUT2D eigenvalue weighted by atomic mass is 16.5. The fraction of sp³-hybridized carbons (Fsp3) is 0.263. The Morgan fingerprint density at radius 2 is 2.20 bits per heavy atom. The van der Waals surface area contributed by atoms with E-state index in [2.05, 4.69) is 17.2 Å². The van der Waals surface area contributed by atoms with Crippen molar-refractivity contribution in [3.05, 3.63) is 53.9 Å². The second-order valence-electron chi connectivity index (χ2n) is 5.73. The van der Waals surface area contributed by atoms with Gasteiger partial charge in [-0.05, 0) is 36.8 Å². The first kappa shape index (κ1) is 16.8. The molecule has 3 aromatic rings. The number of pyridine rings is 1. The summed E-state index contributed by atoms with van der Waals surface area (Å²) in [5.74, 6) is 1.37.